The first-order valence-corrected chi connectivity index (χ1v) is 6.40. The normalized spacial score (nSPS) is 25.3. The number of ether oxygens (including phenoxy) is 1. The fraction of sp³-hybridized carbons (Fsp3) is 0.571. The maximum Gasteiger partial charge on any atom is 0.118 e. The summed E-state index contributed by atoms with van der Waals surface area (Å²) in [4.78, 5) is 0. The molecule has 1 fully saturated rings. The lowest BCUT2D eigenvalue weighted by Crippen LogP contribution is -2.22. The number of hydrogen-bond donors (Lipinski definition) is 2. The highest BCUT2D eigenvalue weighted by Gasteiger charge is 2.23. The van der Waals surface area contributed by atoms with Gasteiger partial charge in [0.25, 0.3) is 0 Å². The van der Waals surface area contributed by atoms with Crippen LogP contribution in [-0.4, -0.2) is 26.7 Å². The second-order valence-corrected chi connectivity index (χ2v) is 4.70. The second kappa shape index (κ2) is 6.03. The van der Waals surface area contributed by atoms with E-state index in [2.05, 4.69) is 17.4 Å². The number of rotatable bonds is 3. The van der Waals surface area contributed by atoms with Crippen molar-refractivity contribution in [3.63, 3.8) is 0 Å². The standard InChI is InChI=1S/C14H22N2O/c1-17-13-4-2-11(3-5-13)14-7-9-16-8-6-12(14)10-15/h2-5,12,14,16H,6-10,15H2,1H3. The number of benzene rings is 1. The maximum atomic E-state index is 5.90. The van der Waals surface area contributed by atoms with E-state index < -0.39 is 0 Å². The van der Waals surface area contributed by atoms with Gasteiger partial charge in [0.2, 0.25) is 0 Å². The second-order valence-electron chi connectivity index (χ2n) is 4.70. The van der Waals surface area contributed by atoms with Gasteiger partial charge in [-0.15, -0.1) is 0 Å². The summed E-state index contributed by atoms with van der Waals surface area (Å²) in [5.41, 5.74) is 7.30. The van der Waals surface area contributed by atoms with E-state index in [1.165, 1.54) is 18.4 Å². The van der Waals surface area contributed by atoms with Crippen LogP contribution in [0.25, 0.3) is 0 Å². The van der Waals surface area contributed by atoms with Gasteiger partial charge in [-0.25, -0.2) is 0 Å². The fourth-order valence-corrected chi connectivity index (χ4v) is 2.68. The Hall–Kier alpha value is -1.06. The van der Waals surface area contributed by atoms with Crippen LogP contribution in [0.2, 0.25) is 0 Å². The van der Waals surface area contributed by atoms with Gasteiger partial charge in [-0.05, 0) is 62.0 Å². The van der Waals surface area contributed by atoms with Gasteiger partial charge in [-0.1, -0.05) is 12.1 Å². The molecular formula is C14H22N2O. The van der Waals surface area contributed by atoms with Crippen molar-refractivity contribution in [2.75, 3.05) is 26.7 Å². The van der Waals surface area contributed by atoms with Crippen molar-refractivity contribution in [3.8, 4) is 5.75 Å². The van der Waals surface area contributed by atoms with E-state index >= 15 is 0 Å². The largest absolute Gasteiger partial charge is 0.497 e. The van der Waals surface area contributed by atoms with Crippen molar-refractivity contribution in [2.24, 2.45) is 11.7 Å². The third-order valence-corrected chi connectivity index (χ3v) is 3.74. The molecule has 0 bridgehead atoms. The fourth-order valence-electron chi connectivity index (χ4n) is 2.68. The zero-order valence-electron chi connectivity index (χ0n) is 10.5. The Bertz CT molecular complexity index is 337. The molecule has 0 radical (unpaired) electrons. The van der Waals surface area contributed by atoms with E-state index in [4.69, 9.17) is 10.5 Å². The molecule has 3 N–H and O–H groups in total. The predicted molar refractivity (Wildman–Crippen MR) is 70.4 cm³/mol. The van der Waals surface area contributed by atoms with Gasteiger partial charge in [-0.2, -0.15) is 0 Å². The van der Waals surface area contributed by atoms with Crippen molar-refractivity contribution in [1.82, 2.24) is 5.32 Å². The van der Waals surface area contributed by atoms with Crippen molar-refractivity contribution in [3.05, 3.63) is 29.8 Å². The zero-order valence-corrected chi connectivity index (χ0v) is 10.5. The van der Waals surface area contributed by atoms with Crippen molar-refractivity contribution < 1.29 is 4.74 Å². The van der Waals surface area contributed by atoms with Gasteiger partial charge >= 0.3 is 0 Å². The van der Waals surface area contributed by atoms with E-state index in [1.807, 2.05) is 12.1 Å². The van der Waals surface area contributed by atoms with E-state index in [1.54, 1.807) is 7.11 Å². The third-order valence-electron chi connectivity index (χ3n) is 3.74. The Morgan fingerprint density at radius 2 is 1.94 bits per heavy atom. The average Bonchev–Trinajstić information content (AvgIpc) is 2.64. The van der Waals surface area contributed by atoms with Crippen LogP contribution in [0.3, 0.4) is 0 Å². The summed E-state index contributed by atoms with van der Waals surface area (Å²) >= 11 is 0. The molecule has 1 aromatic carbocycles. The summed E-state index contributed by atoms with van der Waals surface area (Å²) in [6.45, 7) is 2.96. The highest BCUT2D eigenvalue weighted by Crippen LogP contribution is 2.31. The summed E-state index contributed by atoms with van der Waals surface area (Å²) in [5, 5.41) is 3.45. The van der Waals surface area contributed by atoms with Crippen molar-refractivity contribution in [2.45, 2.75) is 18.8 Å². The molecule has 1 heterocycles. The van der Waals surface area contributed by atoms with Crippen LogP contribution < -0.4 is 15.8 Å². The van der Waals surface area contributed by atoms with Gasteiger partial charge < -0.3 is 15.8 Å². The van der Waals surface area contributed by atoms with Gasteiger partial charge in [0.05, 0.1) is 7.11 Å². The molecule has 1 aromatic rings. The summed E-state index contributed by atoms with van der Waals surface area (Å²) in [5.74, 6) is 2.10. The monoisotopic (exact) mass is 234 g/mol. The third kappa shape index (κ3) is 2.99. The Labute approximate surface area is 103 Å². The Morgan fingerprint density at radius 1 is 1.24 bits per heavy atom. The summed E-state index contributed by atoms with van der Waals surface area (Å²) in [6, 6.07) is 8.44. The molecule has 2 unspecified atom stereocenters. The number of methoxy groups -OCH3 is 1. The highest BCUT2D eigenvalue weighted by atomic mass is 16.5. The molecule has 0 aromatic heterocycles. The average molecular weight is 234 g/mol. The number of nitrogens with two attached hydrogens (primary N) is 1. The summed E-state index contributed by atoms with van der Waals surface area (Å²) in [7, 11) is 1.70. The molecule has 17 heavy (non-hydrogen) atoms. The van der Waals surface area contributed by atoms with Crippen LogP contribution in [0.15, 0.2) is 24.3 Å². The molecule has 0 spiro atoms. The molecule has 2 rings (SSSR count). The van der Waals surface area contributed by atoms with E-state index in [0.717, 1.165) is 25.4 Å². The highest BCUT2D eigenvalue weighted by molar-refractivity contribution is 5.30. The van der Waals surface area contributed by atoms with Gasteiger partial charge in [0, 0.05) is 0 Å². The lowest BCUT2D eigenvalue weighted by molar-refractivity contribution is 0.409. The van der Waals surface area contributed by atoms with Crippen LogP contribution in [0.1, 0.15) is 24.3 Å². The van der Waals surface area contributed by atoms with E-state index in [-0.39, 0.29) is 0 Å². The first-order valence-electron chi connectivity index (χ1n) is 6.40. The number of nitrogens with one attached hydrogen (secondary N) is 1. The minimum absolute atomic E-state index is 0.584. The van der Waals surface area contributed by atoms with Crippen LogP contribution in [0.5, 0.6) is 5.75 Å². The van der Waals surface area contributed by atoms with Crippen molar-refractivity contribution >= 4 is 0 Å². The first kappa shape index (κ1) is 12.4. The quantitative estimate of drug-likeness (QED) is 0.837. The molecule has 3 heteroatoms. The molecule has 0 amide bonds. The molecule has 94 valence electrons. The molecule has 0 saturated carbocycles. The predicted octanol–water partition coefficient (Wildman–Crippen LogP) is 1.74. The molecule has 1 saturated heterocycles. The minimum atomic E-state index is 0.584. The lowest BCUT2D eigenvalue weighted by atomic mass is 9.82. The molecule has 3 nitrogen and oxygen atoms in total. The Balaban J connectivity index is 2.16. The van der Waals surface area contributed by atoms with E-state index in [0.29, 0.717) is 11.8 Å². The molecular weight excluding hydrogens is 212 g/mol. The first-order chi connectivity index (χ1) is 8.35. The Kier molecular flexibility index (Phi) is 4.40. The van der Waals surface area contributed by atoms with Crippen molar-refractivity contribution in [1.29, 1.82) is 0 Å². The maximum absolute atomic E-state index is 5.90. The topological polar surface area (TPSA) is 47.3 Å². The van der Waals surface area contributed by atoms with Crippen LogP contribution >= 0.6 is 0 Å². The number of hydrogen-bond acceptors (Lipinski definition) is 3. The lowest BCUT2D eigenvalue weighted by Gasteiger charge is -2.24. The Morgan fingerprint density at radius 3 is 2.59 bits per heavy atom. The van der Waals surface area contributed by atoms with Crippen LogP contribution in [0.4, 0.5) is 0 Å². The smallest absolute Gasteiger partial charge is 0.118 e. The van der Waals surface area contributed by atoms with Crippen LogP contribution in [-0.2, 0) is 0 Å². The minimum Gasteiger partial charge on any atom is -0.497 e. The molecule has 1 aliphatic heterocycles. The molecule has 1 aliphatic rings. The molecule has 0 aliphatic carbocycles. The summed E-state index contributed by atoms with van der Waals surface area (Å²) < 4.78 is 5.20. The van der Waals surface area contributed by atoms with E-state index in [9.17, 15) is 0 Å². The summed E-state index contributed by atoms with van der Waals surface area (Å²) in [6.07, 6.45) is 2.35. The molecule has 2 atom stereocenters. The van der Waals surface area contributed by atoms with Crippen LogP contribution in [0, 0.1) is 5.92 Å². The van der Waals surface area contributed by atoms with Gasteiger partial charge in [0.1, 0.15) is 5.75 Å². The SMILES string of the molecule is COc1ccc(C2CCNCCC2CN)cc1. The van der Waals surface area contributed by atoms with Gasteiger partial charge in [-0.3, -0.25) is 0 Å². The van der Waals surface area contributed by atoms with Gasteiger partial charge in [0.15, 0.2) is 0 Å². The zero-order chi connectivity index (χ0) is 12.1.